The molecule has 0 amide bonds. The van der Waals surface area contributed by atoms with E-state index < -0.39 is 5.60 Å². The predicted molar refractivity (Wildman–Crippen MR) is 94.6 cm³/mol. The van der Waals surface area contributed by atoms with E-state index in [9.17, 15) is 19.1 Å². The van der Waals surface area contributed by atoms with Gasteiger partial charge in [0, 0.05) is 37.1 Å². The lowest BCUT2D eigenvalue weighted by Gasteiger charge is -2.44. The number of ketones is 1. The third kappa shape index (κ3) is 5.33. The van der Waals surface area contributed by atoms with E-state index in [4.69, 9.17) is 0 Å². The van der Waals surface area contributed by atoms with Crippen LogP contribution in [0.3, 0.4) is 0 Å². The molecule has 0 bridgehead atoms. The molecule has 0 saturated carbocycles. The van der Waals surface area contributed by atoms with Crippen LogP contribution in [-0.2, 0) is 4.79 Å². The van der Waals surface area contributed by atoms with Gasteiger partial charge in [-0.2, -0.15) is 0 Å². The first-order chi connectivity index (χ1) is 12.0. The van der Waals surface area contributed by atoms with Gasteiger partial charge in [-0.05, 0) is 56.5 Å². The molecule has 0 aliphatic carbocycles. The van der Waals surface area contributed by atoms with Crippen LogP contribution in [0, 0.1) is 11.7 Å². The van der Waals surface area contributed by atoms with E-state index in [0.29, 0.717) is 37.8 Å². The van der Waals surface area contributed by atoms with Gasteiger partial charge < -0.3 is 10.0 Å². The van der Waals surface area contributed by atoms with Crippen molar-refractivity contribution >= 4 is 11.7 Å². The summed E-state index contributed by atoms with van der Waals surface area (Å²) >= 11 is 0. The average Bonchev–Trinajstić information content (AvgIpc) is 2.62. The third-order valence-electron chi connectivity index (χ3n) is 5.24. The number of carbonyl (C=O) groups excluding carboxylic acids is 2. The second-order valence-electron chi connectivity index (χ2n) is 6.80. The standard InChI is InChI=1S/C20H26FNO3/c1-2-20(25)11-13-22(15-17(20)5-4-14-23)12-3-6-19(24)16-7-9-18(21)10-8-16/h4,7-10,17,25H,2-3,5-6,11-13,15H2,1H3/t17-,20+/m0/s1. The molecule has 1 aliphatic heterocycles. The Morgan fingerprint density at radius 1 is 1.44 bits per heavy atom. The number of hydrogen-bond donors (Lipinski definition) is 1. The van der Waals surface area contributed by atoms with Gasteiger partial charge >= 0.3 is 0 Å². The molecule has 1 fully saturated rings. The average molecular weight is 347 g/mol. The van der Waals surface area contributed by atoms with Crippen LogP contribution in [0.4, 0.5) is 4.39 Å². The largest absolute Gasteiger partial charge is 0.390 e. The molecule has 25 heavy (non-hydrogen) atoms. The van der Waals surface area contributed by atoms with Gasteiger partial charge in [0.25, 0.3) is 0 Å². The van der Waals surface area contributed by atoms with Crippen molar-refractivity contribution in [1.29, 1.82) is 0 Å². The van der Waals surface area contributed by atoms with Crippen LogP contribution in [0.25, 0.3) is 0 Å². The van der Waals surface area contributed by atoms with Gasteiger partial charge in [0.2, 0.25) is 0 Å². The van der Waals surface area contributed by atoms with Crippen LogP contribution in [0.15, 0.2) is 30.3 Å². The van der Waals surface area contributed by atoms with E-state index in [0.717, 1.165) is 19.5 Å². The van der Waals surface area contributed by atoms with Gasteiger partial charge in [-0.25, -0.2) is 9.18 Å². The zero-order chi connectivity index (χ0) is 18.3. The molecule has 0 aromatic heterocycles. The molecule has 136 valence electrons. The zero-order valence-electron chi connectivity index (χ0n) is 14.7. The van der Waals surface area contributed by atoms with Gasteiger partial charge in [0.1, 0.15) is 11.8 Å². The molecule has 0 radical (unpaired) electrons. The van der Waals surface area contributed by atoms with E-state index in [1.165, 1.54) is 30.3 Å². The highest BCUT2D eigenvalue weighted by molar-refractivity contribution is 5.95. The summed E-state index contributed by atoms with van der Waals surface area (Å²) < 4.78 is 12.9. The van der Waals surface area contributed by atoms with Crippen molar-refractivity contribution in [2.24, 2.45) is 5.92 Å². The highest BCUT2D eigenvalue weighted by atomic mass is 19.1. The number of halogens is 1. The fourth-order valence-electron chi connectivity index (χ4n) is 3.52. The highest BCUT2D eigenvalue weighted by Crippen LogP contribution is 2.33. The SMILES string of the molecule is CC[C@@]1(O)CCN(CCCC(=O)c2ccc(F)cc2)C[C@@H]1CC=C=O. The molecule has 0 spiro atoms. The highest BCUT2D eigenvalue weighted by Gasteiger charge is 2.39. The maximum absolute atomic E-state index is 12.9. The summed E-state index contributed by atoms with van der Waals surface area (Å²) in [6, 6.07) is 5.63. The number of likely N-dealkylation sites (tertiary alicyclic amines) is 1. The number of Topliss-reactive ketones (excluding diaryl/α,β-unsaturated/α-hetero) is 1. The number of allylic oxidation sites excluding steroid dienone is 1. The monoisotopic (exact) mass is 347 g/mol. The fraction of sp³-hybridized carbons (Fsp3) is 0.550. The quantitative estimate of drug-likeness (QED) is 0.580. The van der Waals surface area contributed by atoms with Gasteiger partial charge in [-0.15, -0.1) is 0 Å². The molecule has 1 aliphatic rings. The Balaban J connectivity index is 1.83. The van der Waals surface area contributed by atoms with Gasteiger partial charge in [-0.1, -0.05) is 6.92 Å². The summed E-state index contributed by atoms with van der Waals surface area (Å²) in [4.78, 5) is 24.9. The number of aliphatic hydroxyl groups is 1. The van der Waals surface area contributed by atoms with Crippen LogP contribution in [0.2, 0.25) is 0 Å². The van der Waals surface area contributed by atoms with Gasteiger partial charge in [0.05, 0.1) is 5.60 Å². The lowest BCUT2D eigenvalue weighted by molar-refractivity contribution is -0.0733. The summed E-state index contributed by atoms with van der Waals surface area (Å²) in [5, 5.41) is 10.7. The minimum Gasteiger partial charge on any atom is -0.390 e. The second-order valence-corrected chi connectivity index (χ2v) is 6.80. The minimum absolute atomic E-state index is 0.0144. The van der Waals surface area contributed by atoms with Crippen LogP contribution in [-0.4, -0.2) is 47.0 Å². The first-order valence-corrected chi connectivity index (χ1v) is 8.91. The van der Waals surface area contributed by atoms with Crippen molar-refractivity contribution < 1.29 is 19.1 Å². The molecular formula is C20H26FNO3. The number of carbonyl (C=O) groups is 1. The topological polar surface area (TPSA) is 57.6 Å². The zero-order valence-corrected chi connectivity index (χ0v) is 14.7. The predicted octanol–water partition coefficient (Wildman–Crippen LogP) is 3.03. The Morgan fingerprint density at radius 2 is 2.16 bits per heavy atom. The molecule has 2 atom stereocenters. The first kappa shape index (κ1) is 19.5. The minimum atomic E-state index is -0.728. The Kier molecular flexibility index (Phi) is 7.06. The Morgan fingerprint density at radius 3 is 2.80 bits per heavy atom. The van der Waals surface area contributed by atoms with E-state index in [-0.39, 0.29) is 17.5 Å². The van der Waals surface area contributed by atoms with Crippen LogP contribution in [0.1, 0.15) is 49.4 Å². The van der Waals surface area contributed by atoms with Crippen molar-refractivity contribution in [2.45, 2.75) is 44.6 Å². The Hall–Kier alpha value is -1.81. The maximum Gasteiger partial charge on any atom is 0.162 e. The Bertz CT molecular complexity index is 624. The molecule has 5 heteroatoms. The number of piperidine rings is 1. The summed E-state index contributed by atoms with van der Waals surface area (Å²) in [6.07, 6.45) is 4.45. The van der Waals surface area contributed by atoms with E-state index in [1.54, 1.807) is 5.94 Å². The molecular weight excluding hydrogens is 321 g/mol. The van der Waals surface area contributed by atoms with Crippen LogP contribution in [0.5, 0.6) is 0 Å². The summed E-state index contributed by atoms with van der Waals surface area (Å²) in [6.45, 7) is 4.24. The Labute approximate surface area is 148 Å². The van der Waals surface area contributed by atoms with Crippen LogP contribution >= 0.6 is 0 Å². The van der Waals surface area contributed by atoms with Crippen LogP contribution < -0.4 is 0 Å². The lowest BCUT2D eigenvalue weighted by Crippen LogP contribution is -2.51. The van der Waals surface area contributed by atoms with E-state index in [2.05, 4.69) is 4.90 Å². The molecule has 2 rings (SSSR count). The second kappa shape index (κ2) is 9.04. The maximum atomic E-state index is 12.9. The number of benzene rings is 1. The smallest absolute Gasteiger partial charge is 0.162 e. The van der Waals surface area contributed by atoms with Crippen molar-refractivity contribution in [1.82, 2.24) is 4.90 Å². The molecule has 1 N–H and O–H groups in total. The summed E-state index contributed by atoms with van der Waals surface area (Å²) in [5.74, 6) is 1.48. The molecule has 1 saturated heterocycles. The fourth-order valence-corrected chi connectivity index (χ4v) is 3.52. The normalized spacial score (nSPS) is 23.9. The number of rotatable bonds is 8. The summed E-state index contributed by atoms with van der Waals surface area (Å²) in [5.41, 5.74) is -0.192. The lowest BCUT2D eigenvalue weighted by atomic mass is 9.77. The van der Waals surface area contributed by atoms with E-state index >= 15 is 0 Å². The first-order valence-electron chi connectivity index (χ1n) is 8.91. The van der Waals surface area contributed by atoms with Gasteiger partial charge in [-0.3, -0.25) is 4.79 Å². The number of nitrogens with zero attached hydrogens (tertiary/aromatic N) is 1. The molecule has 0 unspecified atom stereocenters. The molecule has 1 aromatic carbocycles. The van der Waals surface area contributed by atoms with Gasteiger partial charge in [0.15, 0.2) is 5.78 Å². The van der Waals surface area contributed by atoms with Crippen molar-refractivity contribution in [2.75, 3.05) is 19.6 Å². The molecule has 1 heterocycles. The van der Waals surface area contributed by atoms with Crippen molar-refractivity contribution in [3.63, 3.8) is 0 Å². The number of hydrogen-bond acceptors (Lipinski definition) is 4. The van der Waals surface area contributed by atoms with Crippen molar-refractivity contribution in [3.05, 3.63) is 41.7 Å². The van der Waals surface area contributed by atoms with Crippen molar-refractivity contribution in [3.8, 4) is 0 Å². The van der Waals surface area contributed by atoms with E-state index in [1.807, 2.05) is 6.92 Å². The summed E-state index contributed by atoms with van der Waals surface area (Å²) in [7, 11) is 0. The molecule has 1 aromatic rings. The third-order valence-corrected chi connectivity index (χ3v) is 5.24. The molecule has 4 nitrogen and oxygen atoms in total.